The van der Waals surface area contributed by atoms with E-state index in [1.165, 1.54) is 0 Å². The summed E-state index contributed by atoms with van der Waals surface area (Å²) >= 11 is 11.6. The van der Waals surface area contributed by atoms with Crippen molar-refractivity contribution in [1.82, 2.24) is 14.9 Å². The first-order valence-electron chi connectivity index (χ1n) is 8.88. The number of methoxy groups -OCH3 is 1. The van der Waals surface area contributed by atoms with Crippen LogP contribution in [0.1, 0.15) is 19.2 Å². The minimum Gasteiger partial charge on any atom is -0.497 e. The molecular weight excluding hydrogens is 396 g/mol. The fourth-order valence-corrected chi connectivity index (χ4v) is 3.28. The van der Waals surface area contributed by atoms with Crippen LogP contribution in [-0.2, 0) is 6.54 Å². The van der Waals surface area contributed by atoms with Gasteiger partial charge in [0.2, 0.25) is 0 Å². The van der Waals surface area contributed by atoms with Crippen LogP contribution in [0.15, 0.2) is 47.3 Å². The van der Waals surface area contributed by atoms with Crippen LogP contribution in [0.5, 0.6) is 5.75 Å². The van der Waals surface area contributed by atoms with Gasteiger partial charge in [0.05, 0.1) is 24.6 Å². The van der Waals surface area contributed by atoms with Gasteiger partial charge in [-0.15, -0.1) is 0 Å². The molecule has 0 radical (unpaired) electrons. The minimum absolute atomic E-state index is 0.195. The lowest BCUT2D eigenvalue weighted by molar-refractivity contribution is 0.406. The van der Waals surface area contributed by atoms with Crippen molar-refractivity contribution in [2.75, 3.05) is 19.0 Å². The first-order valence-corrected chi connectivity index (χ1v) is 9.67. The molecule has 0 unspecified atom stereocenters. The number of nitrogens with one attached hydrogen (secondary N) is 2. The second kappa shape index (κ2) is 9.03. The molecule has 0 spiro atoms. The summed E-state index contributed by atoms with van der Waals surface area (Å²) in [6, 6.07) is 12.6. The molecule has 1 heterocycles. The van der Waals surface area contributed by atoms with Gasteiger partial charge in [0.25, 0.3) is 5.56 Å². The third-order valence-electron chi connectivity index (χ3n) is 4.16. The lowest BCUT2D eigenvalue weighted by Crippen LogP contribution is -2.36. The van der Waals surface area contributed by atoms with Gasteiger partial charge in [-0.25, -0.2) is 4.98 Å². The smallest absolute Gasteiger partial charge is 0.258 e. The molecule has 0 saturated heterocycles. The lowest BCUT2D eigenvalue weighted by atomic mass is 10.2. The SMILES string of the molecule is CCCN(Cc1nc2cc(Cl)ccc2c(=O)[nH]1)C(=S)Nc1cccc(OC)c1. The molecule has 3 aromatic rings. The number of nitrogens with zero attached hydrogens (tertiary/aromatic N) is 2. The Morgan fingerprint density at radius 3 is 2.89 bits per heavy atom. The molecule has 146 valence electrons. The summed E-state index contributed by atoms with van der Waals surface area (Å²) in [7, 11) is 1.62. The first kappa shape index (κ1) is 20.1. The second-order valence-electron chi connectivity index (χ2n) is 6.26. The Balaban J connectivity index is 1.83. The topological polar surface area (TPSA) is 70.2 Å². The van der Waals surface area contributed by atoms with Crippen molar-refractivity contribution in [1.29, 1.82) is 0 Å². The molecular formula is C20H21ClN4O2S. The summed E-state index contributed by atoms with van der Waals surface area (Å²) in [5, 5.41) is 4.81. The molecule has 0 aliphatic heterocycles. The number of anilines is 1. The van der Waals surface area contributed by atoms with Gasteiger partial charge < -0.3 is 19.9 Å². The highest BCUT2D eigenvalue weighted by Gasteiger charge is 2.13. The highest BCUT2D eigenvalue weighted by atomic mass is 35.5. The molecule has 6 nitrogen and oxygen atoms in total. The number of aromatic nitrogens is 2. The summed E-state index contributed by atoms with van der Waals surface area (Å²) in [5.41, 5.74) is 1.20. The molecule has 1 aromatic heterocycles. The molecule has 2 N–H and O–H groups in total. The number of H-pyrrole nitrogens is 1. The fourth-order valence-electron chi connectivity index (χ4n) is 2.84. The minimum atomic E-state index is -0.195. The van der Waals surface area contributed by atoms with Crippen molar-refractivity contribution in [3.63, 3.8) is 0 Å². The van der Waals surface area contributed by atoms with E-state index in [0.29, 0.717) is 40.0 Å². The third-order valence-corrected chi connectivity index (χ3v) is 4.76. The number of benzene rings is 2. The number of ether oxygens (including phenoxy) is 1. The van der Waals surface area contributed by atoms with Crippen molar-refractivity contribution in [3.05, 3.63) is 63.7 Å². The van der Waals surface area contributed by atoms with E-state index in [1.54, 1.807) is 25.3 Å². The first-order chi connectivity index (χ1) is 13.5. The summed E-state index contributed by atoms with van der Waals surface area (Å²) in [6.45, 7) is 3.16. The number of rotatable bonds is 6. The van der Waals surface area contributed by atoms with E-state index in [-0.39, 0.29) is 5.56 Å². The zero-order valence-corrected chi connectivity index (χ0v) is 17.2. The van der Waals surface area contributed by atoms with Gasteiger partial charge in [-0.1, -0.05) is 24.6 Å². The quantitative estimate of drug-likeness (QED) is 0.587. The Hall–Kier alpha value is -2.64. The summed E-state index contributed by atoms with van der Waals surface area (Å²) in [6.07, 6.45) is 0.892. The number of fused-ring (bicyclic) bond motifs is 1. The lowest BCUT2D eigenvalue weighted by Gasteiger charge is -2.25. The molecule has 0 aliphatic carbocycles. The number of thiocarbonyl (C=S) groups is 1. The van der Waals surface area contributed by atoms with Crippen molar-refractivity contribution in [2.24, 2.45) is 0 Å². The van der Waals surface area contributed by atoms with Crippen molar-refractivity contribution >= 4 is 45.5 Å². The van der Waals surface area contributed by atoms with Crippen LogP contribution in [0.4, 0.5) is 5.69 Å². The van der Waals surface area contributed by atoms with E-state index >= 15 is 0 Å². The number of hydrogen-bond donors (Lipinski definition) is 2. The second-order valence-corrected chi connectivity index (χ2v) is 7.08. The van der Waals surface area contributed by atoms with Gasteiger partial charge in [-0.3, -0.25) is 4.79 Å². The predicted molar refractivity (Wildman–Crippen MR) is 117 cm³/mol. The largest absolute Gasteiger partial charge is 0.497 e. The number of halogens is 1. The Morgan fingerprint density at radius 1 is 1.32 bits per heavy atom. The Kier molecular flexibility index (Phi) is 6.49. The van der Waals surface area contributed by atoms with Crippen molar-refractivity contribution < 1.29 is 4.74 Å². The van der Waals surface area contributed by atoms with Crippen LogP contribution in [-0.4, -0.2) is 33.6 Å². The molecule has 3 rings (SSSR count). The Labute approximate surface area is 173 Å². The fraction of sp³-hybridized carbons (Fsp3) is 0.250. The van der Waals surface area contributed by atoms with E-state index in [2.05, 4.69) is 22.2 Å². The van der Waals surface area contributed by atoms with Crippen LogP contribution < -0.4 is 15.6 Å². The van der Waals surface area contributed by atoms with Crippen LogP contribution >= 0.6 is 23.8 Å². The summed E-state index contributed by atoms with van der Waals surface area (Å²) in [5.74, 6) is 1.27. The van der Waals surface area contributed by atoms with Crippen LogP contribution in [0.2, 0.25) is 5.02 Å². The van der Waals surface area contributed by atoms with E-state index in [0.717, 1.165) is 17.9 Å². The number of aromatic amines is 1. The average molecular weight is 417 g/mol. The molecule has 0 aliphatic rings. The molecule has 8 heteroatoms. The summed E-state index contributed by atoms with van der Waals surface area (Å²) < 4.78 is 5.25. The van der Waals surface area contributed by atoms with Gasteiger partial charge in [-0.2, -0.15) is 0 Å². The summed E-state index contributed by atoms with van der Waals surface area (Å²) in [4.78, 5) is 21.7. The molecule has 28 heavy (non-hydrogen) atoms. The van der Waals surface area contributed by atoms with Gasteiger partial charge in [0.1, 0.15) is 11.6 Å². The maximum atomic E-state index is 12.4. The highest BCUT2D eigenvalue weighted by Crippen LogP contribution is 2.18. The van der Waals surface area contributed by atoms with Gasteiger partial charge in [0.15, 0.2) is 5.11 Å². The molecule has 0 amide bonds. The maximum absolute atomic E-state index is 12.4. The molecule has 0 fully saturated rings. The Bertz CT molecular complexity index is 1050. The monoisotopic (exact) mass is 416 g/mol. The van der Waals surface area contributed by atoms with Crippen LogP contribution in [0, 0.1) is 0 Å². The molecule has 0 bridgehead atoms. The van der Waals surface area contributed by atoms with Crippen LogP contribution in [0.25, 0.3) is 10.9 Å². The average Bonchev–Trinajstić information content (AvgIpc) is 2.67. The van der Waals surface area contributed by atoms with Crippen molar-refractivity contribution in [3.8, 4) is 5.75 Å². The molecule has 0 atom stereocenters. The highest BCUT2D eigenvalue weighted by molar-refractivity contribution is 7.80. The third kappa shape index (κ3) is 4.79. The normalized spacial score (nSPS) is 10.7. The van der Waals surface area contributed by atoms with E-state index in [4.69, 9.17) is 28.6 Å². The molecule has 0 saturated carbocycles. The van der Waals surface area contributed by atoms with Gasteiger partial charge in [-0.05, 0) is 49.0 Å². The zero-order chi connectivity index (χ0) is 20.1. The van der Waals surface area contributed by atoms with Gasteiger partial charge >= 0.3 is 0 Å². The number of hydrogen-bond acceptors (Lipinski definition) is 4. The van der Waals surface area contributed by atoms with Gasteiger partial charge in [0, 0.05) is 23.3 Å². The van der Waals surface area contributed by atoms with Crippen molar-refractivity contribution in [2.45, 2.75) is 19.9 Å². The Morgan fingerprint density at radius 2 is 2.14 bits per heavy atom. The standard InChI is InChI=1S/C20H21ClN4O2S/c1-3-9-25(20(28)22-14-5-4-6-15(11-14)27-2)12-18-23-17-10-13(21)7-8-16(17)19(26)24-18/h4-8,10-11H,3,9,12H2,1-2H3,(H,22,28)(H,23,24,26). The van der Waals surface area contributed by atoms with Crippen LogP contribution in [0.3, 0.4) is 0 Å². The van der Waals surface area contributed by atoms with E-state index in [1.807, 2.05) is 29.2 Å². The molecule has 2 aromatic carbocycles. The van der Waals surface area contributed by atoms with E-state index < -0.39 is 0 Å². The predicted octanol–water partition coefficient (Wildman–Crippen LogP) is 4.19. The van der Waals surface area contributed by atoms with E-state index in [9.17, 15) is 4.79 Å². The maximum Gasteiger partial charge on any atom is 0.258 e. The zero-order valence-electron chi connectivity index (χ0n) is 15.7.